The number of rotatable bonds is 5. The molecule has 0 aliphatic carbocycles. The smallest absolute Gasteiger partial charge is 0.256 e. The number of anilines is 2. The summed E-state index contributed by atoms with van der Waals surface area (Å²) in [4.78, 5) is 19.4. The lowest BCUT2D eigenvalue weighted by Gasteiger charge is -2.21. The van der Waals surface area contributed by atoms with Gasteiger partial charge in [-0.15, -0.1) is 0 Å². The van der Waals surface area contributed by atoms with E-state index in [-0.39, 0.29) is 5.91 Å². The number of aryl methyl sites for hydroxylation is 1. The Labute approximate surface area is 165 Å². The van der Waals surface area contributed by atoms with Crippen LogP contribution in [0.2, 0.25) is 5.02 Å². The van der Waals surface area contributed by atoms with Crippen molar-refractivity contribution in [3.63, 3.8) is 0 Å². The zero-order valence-corrected chi connectivity index (χ0v) is 16.9. The van der Waals surface area contributed by atoms with Crippen molar-refractivity contribution in [1.82, 2.24) is 9.88 Å². The van der Waals surface area contributed by atoms with Crippen LogP contribution in [-0.2, 0) is 0 Å². The first-order valence-electron chi connectivity index (χ1n) is 9.17. The van der Waals surface area contributed by atoms with Gasteiger partial charge in [0.05, 0.1) is 5.56 Å². The van der Waals surface area contributed by atoms with E-state index in [0.29, 0.717) is 23.7 Å². The van der Waals surface area contributed by atoms with E-state index in [4.69, 9.17) is 11.6 Å². The molecule has 0 aliphatic heterocycles. The van der Waals surface area contributed by atoms with E-state index >= 15 is 0 Å². The van der Waals surface area contributed by atoms with E-state index in [9.17, 15) is 4.79 Å². The lowest BCUT2D eigenvalue weighted by atomic mass is 10.0. The Morgan fingerprint density at radius 3 is 2.52 bits per heavy atom. The molecule has 0 radical (unpaired) electrons. The number of amides is 1. The summed E-state index contributed by atoms with van der Waals surface area (Å²) in [6, 6.07) is 11.7. The maximum absolute atomic E-state index is 13.0. The van der Waals surface area contributed by atoms with Gasteiger partial charge in [0.15, 0.2) is 0 Å². The third kappa shape index (κ3) is 3.62. The summed E-state index contributed by atoms with van der Waals surface area (Å²) in [6.07, 6.45) is 1.68. The number of hydrogen-bond donors (Lipinski definition) is 1. The molecule has 0 unspecified atom stereocenters. The molecule has 1 N–H and O–H groups in total. The normalized spacial score (nSPS) is 10.9. The number of hydrogen-bond acceptors (Lipinski definition) is 3. The summed E-state index contributed by atoms with van der Waals surface area (Å²) in [7, 11) is 0. The summed E-state index contributed by atoms with van der Waals surface area (Å²) < 4.78 is 0. The van der Waals surface area contributed by atoms with Gasteiger partial charge in [0, 0.05) is 40.8 Å². The molecule has 0 atom stereocenters. The van der Waals surface area contributed by atoms with Crippen molar-refractivity contribution in [2.75, 3.05) is 18.4 Å². The fraction of sp³-hybridized carbons (Fsp3) is 0.273. The molecule has 1 heterocycles. The molecule has 0 bridgehead atoms. The Balaban J connectivity index is 2.15. The van der Waals surface area contributed by atoms with Gasteiger partial charge in [0.2, 0.25) is 0 Å². The van der Waals surface area contributed by atoms with Crippen LogP contribution in [0, 0.1) is 13.8 Å². The van der Waals surface area contributed by atoms with E-state index < -0.39 is 0 Å². The van der Waals surface area contributed by atoms with E-state index in [0.717, 1.165) is 33.4 Å². The van der Waals surface area contributed by atoms with Crippen molar-refractivity contribution in [3.05, 3.63) is 64.3 Å². The molecule has 2 aromatic carbocycles. The van der Waals surface area contributed by atoms with Crippen LogP contribution in [-0.4, -0.2) is 28.9 Å². The van der Waals surface area contributed by atoms with Gasteiger partial charge in [-0.1, -0.05) is 35.9 Å². The van der Waals surface area contributed by atoms with Crippen molar-refractivity contribution in [2.45, 2.75) is 27.7 Å². The van der Waals surface area contributed by atoms with Crippen molar-refractivity contribution in [3.8, 4) is 0 Å². The number of carbonyl (C=O) groups excluding carboxylic acids is 1. The summed E-state index contributed by atoms with van der Waals surface area (Å²) in [5.74, 6) is 0.729. The second-order valence-electron chi connectivity index (χ2n) is 6.53. The number of nitrogens with one attached hydrogen (secondary N) is 1. The number of nitrogens with zero attached hydrogens (tertiary/aromatic N) is 2. The number of benzene rings is 2. The summed E-state index contributed by atoms with van der Waals surface area (Å²) >= 11 is 6.25. The molecule has 1 aromatic heterocycles. The first kappa shape index (κ1) is 19.2. The minimum atomic E-state index is 0.0114. The van der Waals surface area contributed by atoms with Crippen molar-refractivity contribution >= 4 is 39.8 Å². The van der Waals surface area contributed by atoms with Crippen LogP contribution in [0.25, 0.3) is 10.8 Å². The van der Waals surface area contributed by atoms with Gasteiger partial charge >= 0.3 is 0 Å². The molecule has 0 saturated heterocycles. The Morgan fingerprint density at radius 1 is 1.11 bits per heavy atom. The van der Waals surface area contributed by atoms with Gasteiger partial charge in [0.1, 0.15) is 5.82 Å². The van der Waals surface area contributed by atoms with Gasteiger partial charge in [-0.25, -0.2) is 4.98 Å². The van der Waals surface area contributed by atoms with E-state index in [1.807, 2.05) is 69.0 Å². The average molecular weight is 382 g/mol. The highest BCUT2D eigenvalue weighted by molar-refractivity contribution is 6.31. The molecule has 0 fully saturated rings. The monoisotopic (exact) mass is 381 g/mol. The van der Waals surface area contributed by atoms with Gasteiger partial charge < -0.3 is 10.2 Å². The molecule has 0 spiro atoms. The predicted molar refractivity (Wildman–Crippen MR) is 113 cm³/mol. The fourth-order valence-electron chi connectivity index (χ4n) is 3.30. The number of halogens is 1. The standard InChI is InChI=1S/C22H24ClN3O/c1-5-26(6-2)22(27)17-13-24-21(16-10-7-9-14(3)20(16)17)25-19-12-8-11-18(23)15(19)4/h7-13H,5-6H2,1-4H3,(H,24,25). The van der Waals surface area contributed by atoms with Gasteiger partial charge in [-0.05, 0) is 51.0 Å². The zero-order valence-electron chi connectivity index (χ0n) is 16.1. The van der Waals surface area contributed by atoms with E-state index in [1.165, 1.54) is 0 Å². The number of fused-ring (bicyclic) bond motifs is 1. The fourth-order valence-corrected chi connectivity index (χ4v) is 3.47. The Morgan fingerprint density at radius 2 is 1.81 bits per heavy atom. The van der Waals surface area contributed by atoms with Gasteiger partial charge in [0.25, 0.3) is 5.91 Å². The van der Waals surface area contributed by atoms with Crippen LogP contribution in [0.1, 0.15) is 35.3 Å². The van der Waals surface area contributed by atoms with Crippen LogP contribution in [0.15, 0.2) is 42.6 Å². The molecule has 4 nitrogen and oxygen atoms in total. The van der Waals surface area contributed by atoms with E-state index in [1.54, 1.807) is 6.20 Å². The zero-order chi connectivity index (χ0) is 19.6. The summed E-state index contributed by atoms with van der Waals surface area (Å²) in [6.45, 7) is 9.31. The minimum Gasteiger partial charge on any atom is -0.339 e. The molecule has 0 aliphatic rings. The summed E-state index contributed by atoms with van der Waals surface area (Å²) in [5, 5.41) is 5.95. The molecule has 5 heteroatoms. The van der Waals surface area contributed by atoms with Crippen LogP contribution in [0.3, 0.4) is 0 Å². The maximum atomic E-state index is 13.0. The molecule has 3 aromatic rings. The minimum absolute atomic E-state index is 0.0114. The molecular weight excluding hydrogens is 358 g/mol. The van der Waals surface area contributed by atoms with Gasteiger partial charge in [-0.3, -0.25) is 4.79 Å². The Kier molecular flexibility index (Phi) is 5.66. The second kappa shape index (κ2) is 7.97. The topological polar surface area (TPSA) is 45.2 Å². The van der Waals surface area contributed by atoms with Crippen molar-refractivity contribution in [1.29, 1.82) is 0 Å². The number of carbonyl (C=O) groups is 1. The first-order chi connectivity index (χ1) is 13.0. The Hall–Kier alpha value is -2.59. The highest BCUT2D eigenvalue weighted by atomic mass is 35.5. The van der Waals surface area contributed by atoms with Crippen molar-refractivity contribution in [2.24, 2.45) is 0 Å². The number of aromatic nitrogens is 1. The molecule has 0 saturated carbocycles. The van der Waals surface area contributed by atoms with Crippen molar-refractivity contribution < 1.29 is 4.79 Å². The van der Waals surface area contributed by atoms with Crippen LogP contribution in [0.4, 0.5) is 11.5 Å². The molecule has 140 valence electrons. The maximum Gasteiger partial charge on any atom is 0.256 e. The number of pyridine rings is 1. The largest absolute Gasteiger partial charge is 0.339 e. The molecule has 27 heavy (non-hydrogen) atoms. The Bertz CT molecular complexity index is 996. The van der Waals surface area contributed by atoms with Crippen LogP contribution < -0.4 is 5.32 Å². The second-order valence-corrected chi connectivity index (χ2v) is 6.94. The third-order valence-electron chi connectivity index (χ3n) is 4.92. The SMILES string of the molecule is CCN(CC)C(=O)c1cnc(Nc2cccc(Cl)c2C)c2cccc(C)c12. The summed E-state index contributed by atoms with van der Waals surface area (Å²) in [5.41, 5.74) is 3.56. The van der Waals surface area contributed by atoms with Gasteiger partial charge in [-0.2, -0.15) is 0 Å². The first-order valence-corrected chi connectivity index (χ1v) is 9.55. The van der Waals surface area contributed by atoms with Crippen LogP contribution in [0.5, 0.6) is 0 Å². The third-order valence-corrected chi connectivity index (χ3v) is 5.33. The van der Waals surface area contributed by atoms with E-state index in [2.05, 4.69) is 10.3 Å². The lowest BCUT2D eigenvalue weighted by molar-refractivity contribution is 0.0774. The molecular formula is C22H24ClN3O. The average Bonchev–Trinajstić information content (AvgIpc) is 2.67. The quantitative estimate of drug-likeness (QED) is 0.613. The predicted octanol–water partition coefficient (Wildman–Crippen LogP) is 5.73. The van der Waals surface area contributed by atoms with Crippen LogP contribution >= 0.6 is 11.6 Å². The highest BCUT2D eigenvalue weighted by Crippen LogP contribution is 2.32. The molecule has 3 rings (SSSR count). The highest BCUT2D eigenvalue weighted by Gasteiger charge is 2.19. The lowest BCUT2D eigenvalue weighted by Crippen LogP contribution is -2.30. The molecule has 1 amide bonds.